The Bertz CT molecular complexity index is 1400. The van der Waals surface area contributed by atoms with Crippen molar-refractivity contribution >= 4 is 23.7 Å². The highest BCUT2D eigenvalue weighted by Crippen LogP contribution is 2.28. The summed E-state index contributed by atoms with van der Waals surface area (Å²) in [5, 5.41) is 16.4. The van der Waals surface area contributed by atoms with Crippen molar-refractivity contribution in [1.29, 1.82) is 0 Å². The lowest BCUT2D eigenvalue weighted by Gasteiger charge is -2.20. The van der Waals surface area contributed by atoms with E-state index in [2.05, 4.69) is 10.6 Å². The first-order valence-electron chi connectivity index (χ1n) is 15.1. The molecule has 0 aliphatic rings. The number of hydrogen-bond donors (Lipinski definition) is 3. The summed E-state index contributed by atoms with van der Waals surface area (Å²) in [6, 6.07) is 12.7. The van der Waals surface area contributed by atoms with E-state index in [9.17, 15) is 19.5 Å². The van der Waals surface area contributed by atoms with Gasteiger partial charge in [-0.05, 0) is 90.3 Å². The summed E-state index contributed by atoms with van der Waals surface area (Å²) < 4.78 is 22.0. The normalized spacial score (nSPS) is 12.5. The zero-order chi connectivity index (χ0) is 33.8. The van der Waals surface area contributed by atoms with E-state index in [1.54, 1.807) is 79.7 Å². The van der Waals surface area contributed by atoms with Gasteiger partial charge >= 0.3 is 18.2 Å². The molecule has 0 saturated heterocycles. The molecular weight excluding hydrogens is 576 g/mol. The maximum absolute atomic E-state index is 12.3. The van der Waals surface area contributed by atoms with Gasteiger partial charge in [0.2, 0.25) is 0 Å². The van der Waals surface area contributed by atoms with Gasteiger partial charge in [0.25, 0.3) is 0 Å². The first kappa shape index (κ1) is 36.7. The van der Waals surface area contributed by atoms with E-state index in [1.165, 1.54) is 0 Å². The van der Waals surface area contributed by atoms with E-state index in [4.69, 9.17) is 18.9 Å². The molecule has 0 radical (unpaired) electrons. The number of carbonyl (C=O) groups excluding carboxylic acids is 3. The second kappa shape index (κ2) is 16.6. The average Bonchev–Trinajstić information content (AvgIpc) is 2.93. The van der Waals surface area contributed by atoms with Gasteiger partial charge < -0.3 is 34.7 Å². The number of aliphatic hydroxyl groups excluding tert-OH is 1. The molecule has 0 aliphatic carbocycles. The molecule has 2 rings (SSSR count). The summed E-state index contributed by atoms with van der Waals surface area (Å²) in [6.07, 6.45) is 1.01. The highest BCUT2D eigenvalue weighted by Gasteiger charge is 2.18. The molecule has 0 aromatic heterocycles. The largest absolute Gasteiger partial charge is 0.512 e. The molecule has 2 aromatic rings. The zero-order valence-corrected chi connectivity index (χ0v) is 28.0. The second-order valence-corrected chi connectivity index (χ2v) is 12.4. The number of ether oxygens (including phenoxy) is 4. The molecule has 0 atom stereocenters. The Morgan fingerprint density at radius 2 is 1.42 bits per heavy atom. The number of nitrogens with one attached hydrogen (secondary N) is 2. The third-order valence-corrected chi connectivity index (χ3v) is 5.95. The lowest BCUT2D eigenvalue weighted by molar-refractivity contribution is -0.142. The van der Waals surface area contributed by atoms with Crippen LogP contribution in [0.1, 0.15) is 91.0 Å². The molecule has 0 fully saturated rings. The highest BCUT2D eigenvalue weighted by molar-refractivity contribution is 5.77. The van der Waals surface area contributed by atoms with Gasteiger partial charge in [-0.3, -0.25) is 4.79 Å². The van der Waals surface area contributed by atoms with Gasteiger partial charge in [0.15, 0.2) is 0 Å². The number of esters is 1. The number of aliphatic hydroxyl groups is 1. The van der Waals surface area contributed by atoms with Crippen molar-refractivity contribution in [2.75, 3.05) is 6.61 Å². The van der Waals surface area contributed by atoms with Crippen molar-refractivity contribution in [2.45, 2.75) is 99.4 Å². The highest BCUT2D eigenvalue weighted by atomic mass is 16.6. The third-order valence-electron chi connectivity index (χ3n) is 5.95. The van der Waals surface area contributed by atoms with Gasteiger partial charge in [0.05, 0.1) is 18.8 Å². The molecule has 45 heavy (non-hydrogen) atoms. The molecule has 0 bridgehead atoms. The Labute approximate surface area is 266 Å². The Hall–Kier alpha value is -4.47. The van der Waals surface area contributed by atoms with E-state index in [0.29, 0.717) is 29.1 Å². The minimum atomic E-state index is -0.632. The molecule has 2 amide bonds. The van der Waals surface area contributed by atoms with Gasteiger partial charge in [0, 0.05) is 30.6 Å². The minimum Gasteiger partial charge on any atom is -0.512 e. The summed E-state index contributed by atoms with van der Waals surface area (Å²) in [4.78, 5) is 36.7. The lowest BCUT2D eigenvalue weighted by atomic mass is 10.00. The zero-order valence-electron chi connectivity index (χ0n) is 28.0. The Kier molecular flexibility index (Phi) is 13.5. The maximum Gasteiger partial charge on any atom is 0.407 e. The summed E-state index contributed by atoms with van der Waals surface area (Å²) in [6.45, 7) is 16.7. The minimum absolute atomic E-state index is 0.00811. The molecule has 0 unspecified atom stereocenters. The van der Waals surface area contributed by atoms with Crippen LogP contribution in [-0.4, -0.2) is 41.1 Å². The summed E-state index contributed by atoms with van der Waals surface area (Å²) in [5.41, 5.74) is 2.17. The number of rotatable bonds is 12. The fourth-order valence-electron chi connectivity index (χ4n) is 4.07. The smallest absolute Gasteiger partial charge is 0.407 e. The molecule has 0 heterocycles. The van der Waals surface area contributed by atoms with Crippen LogP contribution in [0.15, 0.2) is 60.1 Å². The number of benzene rings is 2. The first-order chi connectivity index (χ1) is 21.0. The van der Waals surface area contributed by atoms with E-state index >= 15 is 0 Å². The van der Waals surface area contributed by atoms with Gasteiger partial charge in [-0.2, -0.15) is 0 Å². The Morgan fingerprint density at radius 3 is 1.96 bits per heavy atom. The summed E-state index contributed by atoms with van der Waals surface area (Å²) in [5.74, 6) is 0.609. The molecule has 10 nitrogen and oxygen atoms in total. The Balaban J connectivity index is 2.35. The predicted octanol–water partition coefficient (Wildman–Crippen LogP) is 7.50. The van der Waals surface area contributed by atoms with Crippen molar-refractivity contribution in [3.8, 4) is 5.75 Å². The quantitative estimate of drug-likeness (QED) is 0.0957. The monoisotopic (exact) mass is 624 g/mol. The van der Waals surface area contributed by atoms with E-state index in [0.717, 1.165) is 16.7 Å². The summed E-state index contributed by atoms with van der Waals surface area (Å²) in [7, 11) is 0. The standard InChI is InChI=1S/C35H48N2O8/c1-10-29(38)28(26-14-12-13-24(18-26)21-36-32(40)44-34(4,5)6)17-23(3)43-30-19-25(22-37-33(41)45-35(7,8)9)15-16-27(30)20-31(39)42-11-2/h12-19,38H,10-11,20-22H2,1-9H3,(H,36,40)(H,37,41)/b23-17+,29-28-. The van der Waals surface area contributed by atoms with Crippen LogP contribution >= 0.6 is 0 Å². The molecule has 0 spiro atoms. The predicted molar refractivity (Wildman–Crippen MR) is 174 cm³/mol. The number of hydrogen-bond acceptors (Lipinski definition) is 8. The molecular formula is C35H48N2O8. The van der Waals surface area contributed by atoms with Crippen molar-refractivity contribution < 1.29 is 38.4 Å². The number of carbonyl (C=O) groups is 3. The fraction of sp³-hybridized carbons (Fsp3) is 0.457. The molecule has 3 N–H and O–H groups in total. The number of alkyl carbamates (subject to hydrolysis) is 2. The second-order valence-electron chi connectivity index (χ2n) is 12.4. The van der Waals surface area contributed by atoms with Crippen LogP contribution in [0.25, 0.3) is 5.57 Å². The third kappa shape index (κ3) is 13.8. The van der Waals surface area contributed by atoms with Crippen LogP contribution in [0.4, 0.5) is 9.59 Å². The van der Waals surface area contributed by atoms with Gasteiger partial charge in [-0.25, -0.2) is 9.59 Å². The number of allylic oxidation sites excluding steroid dienone is 4. The SMILES string of the molecule is CCOC(=O)Cc1ccc(CNC(=O)OC(C)(C)C)cc1O/C(C)=C/C(=C(/O)CC)c1cccc(CNC(=O)OC(C)(C)C)c1. The van der Waals surface area contributed by atoms with Gasteiger partial charge in [0.1, 0.15) is 22.7 Å². The van der Waals surface area contributed by atoms with Crippen molar-refractivity contribution in [2.24, 2.45) is 0 Å². The first-order valence-corrected chi connectivity index (χ1v) is 15.1. The van der Waals surface area contributed by atoms with Crippen LogP contribution in [0, 0.1) is 0 Å². The van der Waals surface area contributed by atoms with E-state index in [-0.39, 0.29) is 31.9 Å². The van der Waals surface area contributed by atoms with Gasteiger partial charge in [-0.15, -0.1) is 0 Å². The van der Waals surface area contributed by atoms with Gasteiger partial charge in [-0.1, -0.05) is 37.3 Å². The van der Waals surface area contributed by atoms with Crippen LogP contribution in [0.5, 0.6) is 5.75 Å². The molecule has 10 heteroatoms. The number of amides is 2. The van der Waals surface area contributed by atoms with Crippen LogP contribution in [0.3, 0.4) is 0 Å². The summed E-state index contributed by atoms with van der Waals surface area (Å²) >= 11 is 0. The van der Waals surface area contributed by atoms with E-state index < -0.39 is 29.4 Å². The molecule has 0 saturated carbocycles. The lowest BCUT2D eigenvalue weighted by Crippen LogP contribution is -2.32. The molecule has 246 valence electrons. The maximum atomic E-state index is 12.3. The molecule has 2 aromatic carbocycles. The van der Waals surface area contributed by atoms with Crippen LogP contribution in [-0.2, 0) is 38.5 Å². The Morgan fingerprint density at radius 1 is 0.844 bits per heavy atom. The van der Waals surface area contributed by atoms with E-state index in [1.807, 2.05) is 31.2 Å². The van der Waals surface area contributed by atoms with Crippen LogP contribution < -0.4 is 15.4 Å². The van der Waals surface area contributed by atoms with Crippen molar-refractivity contribution in [1.82, 2.24) is 10.6 Å². The van der Waals surface area contributed by atoms with Crippen molar-refractivity contribution in [3.05, 3.63) is 82.3 Å². The van der Waals surface area contributed by atoms with Crippen molar-refractivity contribution in [3.63, 3.8) is 0 Å². The topological polar surface area (TPSA) is 132 Å². The molecule has 0 aliphatic heterocycles. The van der Waals surface area contributed by atoms with Crippen LogP contribution in [0.2, 0.25) is 0 Å². The average molecular weight is 625 g/mol. The fourth-order valence-corrected chi connectivity index (χ4v) is 4.07.